The van der Waals surface area contributed by atoms with Gasteiger partial charge in [-0.2, -0.15) is 0 Å². The highest BCUT2D eigenvalue weighted by molar-refractivity contribution is 7.98. The van der Waals surface area contributed by atoms with Gasteiger partial charge in [-0.05, 0) is 43.3 Å². The topological polar surface area (TPSA) is 69.6 Å². The Morgan fingerprint density at radius 3 is 2.73 bits per heavy atom. The minimum Gasteiger partial charge on any atom is -0.444 e. The molecular weight excluding hydrogens is 298 g/mol. The number of aromatic nitrogens is 5. The quantitative estimate of drug-likeness (QED) is 0.671. The van der Waals surface area contributed by atoms with Gasteiger partial charge in [0.25, 0.3) is 0 Å². The minimum absolute atomic E-state index is 0.234. The predicted molar refractivity (Wildman–Crippen MR) is 84.4 cm³/mol. The molecule has 0 aliphatic carbocycles. The number of nitrogens with zero attached hydrogens (tertiary/aromatic N) is 5. The normalized spacial score (nSPS) is 11.3. The zero-order valence-corrected chi connectivity index (χ0v) is 13.5. The van der Waals surface area contributed by atoms with Gasteiger partial charge in [-0.25, -0.2) is 9.67 Å². The molecule has 0 fully saturated rings. The molecule has 0 spiro atoms. The van der Waals surface area contributed by atoms with Crippen LogP contribution in [0, 0.1) is 6.92 Å². The monoisotopic (exact) mass is 315 g/mol. The largest absolute Gasteiger partial charge is 0.444 e. The maximum Gasteiger partial charge on any atom is 0.226 e. The van der Waals surface area contributed by atoms with E-state index in [-0.39, 0.29) is 6.04 Å². The Balaban J connectivity index is 1.69. The molecule has 7 heteroatoms. The summed E-state index contributed by atoms with van der Waals surface area (Å²) in [6.45, 7) is 6.15. The van der Waals surface area contributed by atoms with Crippen molar-refractivity contribution in [1.82, 2.24) is 25.2 Å². The van der Waals surface area contributed by atoms with E-state index in [1.54, 1.807) is 22.7 Å². The van der Waals surface area contributed by atoms with Crippen LogP contribution in [-0.2, 0) is 5.75 Å². The van der Waals surface area contributed by atoms with E-state index in [1.165, 1.54) is 5.56 Å². The Morgan fingerprint density at radius 2 is 2.00 bits per heavy atom. The van der Waals surface area contributed by atoms with Gasteiger partial charge in [0.2, 0.25) is 11.0 Å². The van der Waals surface area contributed by atoms with E-state index in [2.05, 4.69) is 27.4 Å². The first-order valence-electron chi connectivity index (χ1n) is 7.05. The van der Waals surface area contributed by atoms with E-state index < -0.39 is 0 Å². The molecule has 1 aromatic carbocycles. The molecule has 0 unspecified atom stereocenters. The Hall–Kier alpha value is -2.15. The minimum atomic E-state index is 0.234. The Kier molecular flexibility index (Phi) is 4.24. The molecule has 114 valence electrons. The van der Waals surface area contributed by atoms with Crippen LogP contribution in [0.2, 0.25) is 0 Å². The van der Waals surface area contributed by atoms with Gasteiger partial charge in [0, 0.05) is 11.3 Å². The molecule has 0 aliphatic heterocycles. The fraction of sp³-hybridized carbons (Fsp3) is 0.333. The van der Waals surface area contributed by atoms with Crippen LogP contribution in [0.5, 0.6) is 0 Å². The van der Waals surface area contributed by atoms with Crippen molar-refractivity contribution in [1.29, 1.82) is 0 Å². The smallest absolute Gasteiger partial charge is 0.226 e. The first-order valence-corrected chi connectivity index (χ1v) is 8.04. The number of thioether (sulfide) groups is 1. The molecule has 0 N–H and O–H groups in total. The van der Waals surface area contributed by atoms with Crippen molar-refractivity contribution >= 4 is 11.8 Å². The third-order valence-electron chi connectivity index (χ3n) is 3.15. The zero-order chi connectivity index (χ0) is 15.5. The van der Waals surface area contributed by atoms with Gasteiger partial charge in [0.05, 0.1) is 11.7 Å². The molecule has 2 aromatic heterocycles. The SMILES string of the molecule is Cc1ccc(-c2nc(CSc3nnnn3C(C)C)co2)cc1. The maximum atomic E-state index is 5.56. The molecule has 6 nitrogen and oxygen atoms in total. The van der Waals surface area contributed by atoms with Crippen LogP contribution in [0.1, 0.15) is 31.1 Å². The van der Waals surface area contributed by atoms with Gasteiger partial charge in [-0.1, -0.05) is 29.5 Å². The molecule has 3 aromatic rings. The van der Waals surface area contributed by atoms with E-state index in [0.29, 0.717) is 11.6 Å². The van der Waals surface area contributed by atoms with Crippen LogP contribution in [-0.4, -0.2) is 25.2 Å². The molecule has 2 heterocycles. The fourth-order valence-corrected chi connectivity index (χ4v) is 2.83. The summed E-state index contributed by atoms with van der Waals surface area (Å²) in [6.07, 6.45) is 1.69. The van der Waals surface area contributed by atoms with Gasteiger partial charge < -0.3 is 4.42 Å². The molecule has 0 saturated carbocycles. The fourth-order valence-electron chi connectivity index (χ4n) is 1.95. The highest BCUT2D eigenvalue weighted by Gasteiger charge is 2.12. The Morgan fingerprint density at radius 1 is 1.23 bits per heavy atom. The van der Waals surface area contributed by atoms with Crippen molar-refractivity contribution in [2.75, 3.05) is 0 Å². The average molecular weight is 315 g/mol. The number of rotatable bonds is 5. The highest BCUT2D eigenvalue weighted by Crippen LogP contribution is 2.24. The zero-order valence-electron chi connectivity index (χ0n) is 12.7. The average Bonchev–Trinajstić information content (AvgIpc) is 3.15. The summed E-state index contributed by atoms with van der Waals surface area (Å²) >= 11 is 1.55. The molecule has 0 aliphatic rings. The van der Waals surface area contributed by atoms with Crippen LogP contribution in [0.3, 0.4) is 0 Å². The lowest BCUT2D eigenvalue weighted by atomic mass is 10.1. The summed E-state index contributed by atoms with van der Waals surface area (Å²) in [5, 5.41) is 12.5. The number of hydrogen-bond donors (Lipinski definition) is 0. The maximum absolute atomic E-state index is 5.56. The summed E-state index contributed by atoms with van der Waals surface area (Å²) in [6, 6.07) is 8.35. The second-order valence-electron chi connectivity index (χ2n) is 5.30. The molecule has 0 radical (unpaired) electrons. The Bertz CT molecular complexity index is 747. The summed E-state index contributed by atoms with van der Waals surface area (Å²) in [5.41, 5.74) is 3.07. The van der Waals surface area contributed by atoms with E-state index in [1.807, 2.05) is 38.1 Å². The predicted octanol–water partition coefficient (Wildman–Crippen LogP) is 3.51. The van der Waals surface area contributed by atoms with Gasteiger partial charge in [-0.15, -0.1) is 5.10 Å². The van der Waals surface area contributed by atoms with Crippen molar-refractivity contribution in [2.45, 2.75) is 37.7 Å². The molecule has 0 atom stereocenters. The first kappa shape index (κ1) is 14.8. The summed E-state index contributed by atoms with van der Waals surface area (Å²) in [4.78, 5) is 4.52. The van der Waals surface area contributed by atoms with E-state index in [4.69, 9.17) is 4.42 Å². The molecule has 0 bridgehead atoms. The third kappa shape index (κ3) is 3.19. The molecular formula is C15H17N5OS. The second-order valence-corrected chi connectivity index (χ2v) is 6.24. The van der Waals surface area contributed by atoms with Crippen molar-refractivity contribution in [2.24, 2.45) is 0 Å². The Labute approximate surface area is 132 Å². The molecule has 22 heavy (non-hydrogen) atoms. The number of hydrogen-bond acceptors (Lipinski definition) is 6. The van der Waals surface area contributed by atoms with Gasteiger partial charge in [0.1, 0.15) is 6.26 Å². The summed E-state index contributed by atoms with van der Waals surface area (Å²) in [5.74, 6) is 1.31. The number of benzene rings is 1. The first-order chi connectivity index (χ1) is 10.6. The van der Waals surface area contributed by atoms with E-state index in [0.717, 1.165) is 16.4 Å². The van der Waals surface area contributed by atoms with Crippen LogP contribution in [0.4, 0.5) is 0 Å². The van der Waals surface area contributed by atoms with Crippen molar-refractivity contribution < 1.29 is 4.42 Å². The highest BCUT2D eigenvalue weighted by atomic mass is 32.2. The third-order valence-corrected chi connectivity index (χ3v) is 4.12. The molecule has 0 amide bonds. The molecule has 3 rings (SSSR count). The molecule has 0 saturated heterocycles. The number of tetrazole rings is 1. The standard InChI is InChI=1S/C15H17N5OS/c1-10(2)20-15(17-18-19-20)22-9-13-8-21-14(16-13)12-6-4-11(3)5-7-12/h4-8,10H,9H2,1-3H3. The summed E-state index contributed by atoms with van der Waals surface area (Å²) < 4.78 is 7.35. The summed E-state index contributed by atoms with van der Waals surface area (Å²) in [7, 11) is 0. The lowest BCUT2D eigenvalue weighted by Crippen LogP contribution is -2.04. The van der Waals surface area contributed by atoms with Crippen molar-refractivity contribution in [3.05, 3.63) is 41.8 Å². The van der Waals surface area contributed by atoms with Crippen LogP contribution in [0.15, 0.2) is 40.1 Å². The number of oxazole rings is 1. The lowest BCUT2D eigenvalue weighted by Gasteiger charge is -2.05. The van der Waals surface area contributed by atoms with Gasteiger partial charge in [-0.3, -0.25) is 0 Å². The van der Waals surface area contributed by atoms with Gasteiger partial charge in [0.15, 0.2) is 0 Å². The van der Waals surface area contributed by atoms with E-state index >= 15 is 0 Å². The number of aryl methyl sites for hydroxylation is 1. The van der Waals surface area contributed by atoms with E-state index in [9.17, 15) is 0 Å². The van der Waals surface area contributed by atoms with Crippen LogP contribution in [0.25, 0.3) is 11.5 Å². The van der Waals surface area contributed by atoms with Crippen molar-refractivity contribution in [3.63, 3.8) is 0 Å². The van der Waals surface area contributed by atoms with Crippen LogP contribution >= 0.6 is 11.8 Å². The van der Waals surface area contributed by atoms with Crippen molar-refractivity contribution in [3.8, 4) is 11.5 Å². The van der Waals surface area contributed by atoms with Crippen LogP contribution < -0.4 is 0 Å². The second kappa shape index (κ2) is 6.31. The van der Waals surface area contributed by atoms with Gasteiger partial charge >= 0.3 is 0 Å². The lowest BCUT2D eigenvalue weighted by molar-refractivity contribution is 0.477.